The van der Waals surface area contributed by atoms with Gasteiger partial charge in [-0.1, -0.05) is 37.3 Å². The molecule has 1 aromatic carbocycles. The minimum absolute atomic E-state index is 0.0712. The Morgan fingerprint density at radius 1 is 1.15 bits per heavy atom. The average Bonchev–Trinajstić information content (AvgIpc) is 3.07. The third kappa shape index (κ3) is 4.56. The van der Waals surface area contributed by atoms with E-state index in [9.17, 15) is 4.79 Å². The smallest absolute Gasteiger partial charge is 0.220 e. The van der Waals surface area contributed by atoms with Gasteiger partial charge >= 0.3 is 0 Å². The van der Waals surface area contributed by atoms with E-state index >= 15 is 0 Å². The van der Waals surface area contributed by atoms with Crippen LogP contribution in [0.4, 0.5) is 5.82 Å². The Balaban J connectivity index is 1.60. The van der Waals surface area contributed by atoms with E-state index in [1.165, 1.54) is 5.56 Å². The summed E-state index contributed by atoms with van der Waals surface area (Å²) >= 11 is 0. The van der Waals surface area contributed by atoms with Crippen molar-refractivity contribution in [3.63, 3.8) is 0 Å². The fourth-order valence-corrected chi connectivity index (χ4v) is 2.78. The molecule has 0 radical (unpaired) electrons. The monoisotopic (exact) mass is 352 g/mol. The molecule has 2 heterocycles. The number of anilines is 1. The molecule has 1 amide bonds. The van der Waals surface area contributed by atoms with Crippen LogP contribution < -0.4 is 10.6 Å². The number of aromatic nitrogens is 4. The Bertz CT molecular complexity index is 846. The van der Waals surface area contributed by atoms with Crippen LogP contribution in [0.3, 0.4) is 0 Å². The van der Waals surface area contributed by atoms with Crippen molar-refractivity contribution >= 4 is 22.8 Å². The van der Waals surface area contributed by atoms with Gasteiger partial charge in [-0.3, -0.25) is 4.79 Å². The Kier molecular flexibility index (Phi) is 6.14. The summed E-state index contributed by atoms with van der Waals surface area (Å²) in [5.74, 6) is 0.856. The molecule has 3 aromatic rings. The van der Waals surface area contributed by atoms with Crippen molar-refractivity contribution in [2.24, 2.45) is 0 Å². The number of benzene rings is 1. The van der Waals surface area contributed by atoms with Crippen LogP contribution in [0.15, 0.2) is 42.9 Å². The highest BCUT2D eigenvalue weighted by molar-refractivity contribution is 5.86. The zero-order valence-corrected chi connectivity index (χ0v) is 15.0. The third-order valence-corrected chi connectivity index (χ3v) is 4.11. The minimum Gasteiger partial charge on any atom is -0.369 e. The zero-order chi connectivity index (χ0) is 18.2. The van der Waals surface area contributed by atoms with Crippen molar-refractivity contribution in [1.82, 2.24) is 25.1 Å². The lowest BCUT2D eigenvalue weighted by molar-refractivity contribution is -0.121. The molecule has 26 heavy (non-hydrogen) atoms. The second kappa shape index (κ2) is 8.94. The standard InChI is InChI=1S/C19H24N6O/c1-2-6-17(26)20-11-12-25-19-16(13-24-25)18(22-14-23-19)21-10-9-15-7-4-3-5-8-15/h3-5,7-8,13-14H,2,6,9-12H2,1H3,(H,20,26)(H,21,22,23). The van der Waals surface area contributed by atoms with Gasteiger partial charge in [-0.15, -0.1) is 0 Å². The van der Waals surface area contributed by atoms with Crippen molar-refractivity contribution in [2.75, 3.05) is 18.4 Å². The number of carbonyl (C=O) groups excluding carboxylic acids is 1. The quantitative estimate of drug-likeness (QED) is 0.618. The largest absolute Gasteiger partial charge is 0.369 e. The van der Waals surface area contributed by atoms with Crippen LogP contribution in [0.25, 0.3) is 11.0 Å². The number of nitrogens with one attached hydrogen (secondary N) is 2. The molecule has 7 heteroatoms. The van der Waals surface area contributed by atoms with Crippen molar-refractivity contribution in [2.45, 2.75) is 32.7 Å². The van der Waals surface area contributed by atoms with Crippen molar-refractivity contribution in [1.29, 1.82) is 0 Å². The van der Waals surface area contributed by atoms with Gasteiger partial charge in [-0.2, -0.15) is 5.10 Å². The summed E-state index contributed by atoms with van der Waals surface area (Å²) in [4.78, 5) is 20.2. The lowest BCUT2D eigenvalue weighted by Gasteiger charge is -2.07. The molecule has 0 fully saturated rings. The van der Waals surface area contributed by atoms with E-state index in [1.54, 1.807) is 17.2 Å². The number of amides is 1. The van der Waals surface area contributed by atoms with E-state index in [4.69, 9.17) is 0 Å². The molecular weight excluding hydrogens is 328 g/mol. The fourth-order valence-electron chi connectivity index (χ4n) is 2.78. The number of fused-ring (bicyclic) bond motifs is 1. The van der Waals surface area contributed by atoms with Crippen LogP contribution in [0.5, 0.6) is 0 Å². The Morgan fingerprint density at radius 2 is 2.00 bits per heavy atom. The Hall–Kier alpha value is -2.96. The minimum atomic E-state index is 0.0712. The van der Waals surface area contributed by atoms with Crippen LogP contribution in [0, 0.1) is 0 Å². The predicted molar refractivity (Wildman–Crippen MR) is 102 cm³/mol. The van der Waals surface area contributed by atoms with Crippen LogP contribution in [0.1, 0.15) is 25.3 Å². The molecule has 0 bridgehead atoms. The molecule has 3 rings (SSSR count). The van der Waals surface area contributed by atoms with E-state index in [0.29, 0.717) is 19.5 Å². The number of rotatable bonds is 9. The fraction of sp³-hybridized carbons (Fsp3) is 0.368. The maximum Gasteiger partial charge on any atom is 0.220 e. The summed E-state index contributed by atoms with van der Waals surface area (Å²) in [5.41, 5.74) is 2.05. The van der Waals surface area contributed by atoms with Gasteiger partial charge in [0, 0.05) is 19.5 Å². The Labute approximate surface area is 152 Å². The average molecular weight is 352 g/mol. The molecule has 2 aromatic heterocycles. The SMILES string of the molecule is CCCC(=O)NCCn1ncc2c(NCCc3ccccc3)ncnc21. The summed E-state index contributed by atoms with van der Waals surface area (Å²) in [6.07, 6.45) is 5.64. The lowest BCUT2D eigenvalue weighted by Crippen LogP contribution is -2.27. The second-order valence-electron chi connectivity index (χ2n) is 6.09. The van der Waals surface area contributed by atoms with E-state index in [-0.39, 0.29) is 5.91 Å². The summed E-state index contributed by atoms with van der Waals surface area (Å²) in [6, 6.07) is 10.3. The summed E-state index contributed by atoms with van der Waals surface area (Å²) in [5, 5.41) is 11.5. The van der Waals surface area contributed by atoms with Gasteiger partial charge in [0.1, 0.15) is 12.1 Å². The number of hydrogen-bond acceptors (Lipinski definition) is 5. The summed E-state index contributed by atoms with van der Waals surface area (Å²) < 4.78 is 1.80. The highest BCUT2D eigenvalue weighted by atomic mass is 16.1. The molecule has 0 unspecified atom stereocenters. The molecular formula is C19H24N6O. The van der Waals surface area contributed by atoms with Gasteiger partial charge in [0.2, 0.25) is 5.91 Å². The Morgan fingerprint density at radius 3 is 2.81 bits per heavy atom. The predicted octanol–water partition coefficient (Wildman–Crippen LogP) is 2.40. The molecule has 0 aliphatic carbocycles. The summed E-state index contributed by atoms with van der Waals surface area (Å²) in [7, 11) is 0. The third-order valence-electron chi connectivity index (χ3n) is 4.11. The first-order valence-corrected chi connectivity index (χ1v) is 8.99. The second-order valence-corrected chi connectivity index (χ2v) is 6.09. The molecule has 0 spiro atoms. The van der Waals surface area contributed by atoms with Crippen molar-refractivity contribution in [3.05, 3.63) is 48.4 Å². The van der Waals surface area contributed by atoms with Gasteiger partial charge in [0.25, 0.3) is 0 Å². The topological polar surface area (TPSA) is 84.7 Å². The number of nitrogens with zero attached hydrogens (tertiary/aromatic N) is 4. The first kappa shape index (κ1) is 17.8. The van der Waals surface area contributed by atoms with Gasteiger partial charge in [0.05, 0.1) is 18.1 Å². The van der Waals surface area contributed by atoms with Crippen LogP contribution in [-0.2, 0) is 17.8 Å². The van der Waals surface area contributed by atoms with Crippen molar-refractivity contribution in [3.8, 4) is 0 Å². The molecule has 136 valence electrons. The number of carbonyl (C=O) groups is 1. The molecule has 0 saturated carbocycles. The maximum atomic E-state index is 11.5. The van der Waals surface area contributed by atoms with Gasteiger partial charge in [-0.05, 0) is 18.4 Å². The highest BCUT2D eigenvalue weighted by Crippen LogP contribution is 2.18. The van der Waals surface area contributed by atoms with E-state index in [1.807, 2.05) is 25.1 Å². The molecule has 7 nitrogen and oxygen atoms in total. The van der Waals surface area contributed by atoms with E-state index < -0.39 is 0 Å². The molecule has 0 atom stereocenters. The van der Waals surface area contributed by atoms with Gasteiger partial charge < -0.3 is 10.6 Å². The normalized spacial score (nSPS) is 10.8. The first-order valence-electron chi connectivity index (χ1n) is 8.99. The zero-order valence-electron chi connectivity index (χ0n) is 15.0. The summed E-state index contributed by atoms with van der Waals surface area (Å²) in [6.45, 7) is 3.90. The molecule has 0 aliphatic rings. The highest BCUT2D eigenvalue weighted by Gasteiger charge is 2.09. The van der Waals surface area contributed by atoms with Gasteiger partial charge in [0.15, 0.2) is 5.65 Å². The maximum absolute atomic E-state index is 11.5. The lowest BCUT2D eigenvalue weighted by atomic mass is 10.1. The van der Waals surface area contributed by atoms with Crippen LogP contribution >= 0.6 is 0 Å². The number of hydrogen-bond donors (Lipinski definition) is 2. The molecule has 0 saturated heterocycles. The van der Waals surface area contributed by atoms with Crippen LogP contribution in [0.2, 0.25) is 0 Å². The van der Waals surface area contributed by atoms with E-state index in [2.05, 4.69) is 37.8 Å². The first-order chi connectivity index (χ1) is 12.8. The molecule has 0 aliphatic heterocycles. The van der Waals surface area contributed by atoms with Gasteiger partial charge in [-0.25, -0.2) is 14.6 Å². The van der Waals surface area contributed by atoms with Crippen LogP contribution in [-0.4, -0.2) is 38.7 Å². The van der Waals surface area contributed by atoms with E-state index in [0.717, 1.165) is 36.2 Å². The molecule has 2 N–H and O–H groups in total. The van der Waals surface area contributed by atoms with Crippen molar-refractivity contribution < 1.29 is 4.79 Å².